The summed E-state index contributed by atoms with van der Waals surface area (Å²) in [7, 11) is -4.21. The van der Waals surface area contributed by atoms with E-state index in [-0.39, 0.29) is 30.8 Å². The van der Waals surface area contributed by atoms with Crippen LogP contribution in [0.3, 0.4) is 0 Å². The average Bonchev–Trinajstić information content (AvgIpc) is 2.81. The van der Waals surface area contributed by atoms with Gasteiger partial charge >= 0.3 is 13.8 Å². The fourth-order valence-corrected chi connectivity index (χ4v) is 6.26. The zero-order valence-electron chi connectivity index (χ0n) is 27.6. The van der Waals surface area contributed by atoms with Crippen LogP contribution in [0.5, 0.6) is 5.75 Å². The molecule has 0 fully saturated rings. The number of esters is 1. The average molecular weight is 620 g/mol. The molecule has 2 N–H and O–H groups in total. The fourth-order valence-electron chi connectivity index (χ4n) is 4.71. The van der Waals surface area contributed by atoms with Crippen LogP contribution in [0, 0.1) is 0 Å². The predicted octanol–water partition coefficient (Wildman–Crippen LogP) is 7.23. The summed E-state index contributed by atoms with van der Waals surface area (Å²) in [5.41, 5.74) is -0.245. The van der Waals surface area contributed by atoms with Crippen LogP contribution in [0.15, 0.2) is 42.5 Å². The number of aliphatic hydroxyl groups is 1. The molecule has 0 unspecified atom stereocenters. The minimum atomic E-state index is -4.21. The van der Waals surface area contributed by atoms with Gasteiger partial charge in [-0.1, -0.05) is 44.2 Å². The third-order valence-corrected chi connectivity index (χ3v) is 8.21. The molecule has 0 radical (unpaired) electrons. The number of hydrogen-bond acceptors (Lipinski definition) is 8. The van der Waals surface area contributed by atoms with Crippen LogP contribution in [0.25, 0.3) is 0 Å². The second-order valence-electron chi connectivity index (χ2n) is 13.4. The normalized spacial score (nSPS) is 12.9. The van der Waals surface area contributed by atoms with E-state index >= 15 is 0 Å². The molecular weight excluding hydrogens is 569 g/mol. The third-order valence-electron chi connectivity index (χ3n) is 6.43. The maximum atomic E-state index is 13.9. The first kappa shape index (κ1) is 36.5. The first-order valence-corrected chi connectivity index (χ1v) is 16.2. The fraction of sp³-hybridized carbons (Fsp3) is 0.576. The van der Waals surface area contributed by atoms with E-state index in [1.165, 1.54) is 6.07 Å². The van der Waals surface area contributed by atoms with Crippen LogP contribution >= 0.6 is 7.82 Å². The minimum absolute atomic E-state index is 0.0619. The summed E-state index contributed by atoms with van der Waals surface area (Å²) in [5, 5.41) is 13.0. The number of aliphatic hydroxyl groups excluding tert-OH is 1. The minimum Gasteiger partial charge on any atom is -0.460 e. The van der Waals surface area contributed by atoms with Gasteiger partial charge in [0.2, 0.25) is 0 Å². The summed E-state index contributed by atoms with van der Waals surface area (Å²) < 4.78 is 37.0. The van der Waals surface area contributed by atoms with E-state index in [2.05, 4.69) is 5.32 Å². The van der Waals surface area contributed by atoms with Gasteiger partial charge in [0.15, 0.2) is 0 Å². The summed E-state index contributed by atoms with van der Waals surface area (Å²) in [6.07, 6.45) is -0.908. The lowest BCUT2D eigenvalue weighted by Crippen LogP contribution is -2.41. The molecular formula is C33H50NO8P. The Kier molecular flexibility index (Phi) is 12.2. The summed E-state index contributed by atoms with van der Waals surface area (Å²) >= 11 is 0. The Labute approximate surface area is 257 Å². The van der Waals surface area contributed by atoms with Gasteiger partial charge in [0.1, 0.15) is 11.4 Å². The molecule has 1 amide bonds. The Morgan fingerprint density at radius 3 is 1.95 bits per heavy atom. The number of phosphoric acid groups is 1. The van der Waals surface area contributed by atoms with Crippen molar-refractivity contribution < 1.29 is 37.6 Å². The monoisotopic (exact) mass is 619 g/mol. The molecule has 43 heavy (non-hydrogen) atoms. The number of benzene rings is 2. The Balaban J connectivity index is 2.80. The van der Waals surface area contributed by atoms with Crippen molar-refractivity contribution in [3.8, 4) is 5.75 Å². The Morgan fingerprint density at radius 1 is 0.907 bits per heavy atom. The SMILES string of the molecule is CC(C)OP(=O)(Oc1cc(C(=O)NC(C)(C)c2ccccc2)cc(CC(=O)OC(C)(C)C)c1C(C)(C)CCO)OC(C)C. The molecule has 0 aromatic heterocycles. The smallest absolute Gasteiger partial charge is 0.460 e. The number of carbonyl (C=O) groups excluding carboxylic acids is 2. The Morgan fingerprint density at radius 2 is 1.47 bits per heavy atom. The van der Waals surface area contributed by atoms with Crippen molar-refractivity contribution in [1.29, 1.82) is 0 Å². The highest BCUT2D eigenvalue weighted by atomic mass is 31.2. The molecule has 2 rings (SSSR count). The molecule has 10 heteroatoms. The molecule has 0 aliphatic heterocycles. The van der Waals surface area contributed by atoms with E-state index in [1.54, 1.807) is 54.5 Å². The second-order valence-corrected chi connectivity index (χ2v) is 14.9. The van der Waals surface area contributed by atoms with Gasteiger partial charge in [0.25, 0.3) is 5.91 Å². The summed E-state index contributed by atoms with van der Waals surface area (Å²) in [6.45, 7) is 19.5. The quantitative estimate of drug-likeness (QED) is 0.168. The third kappa shape index (κ3) is 11.1. The molecule has 0 atom stereocenters. The summed E-state index contributed by atoms with van der Waals surface area (Å²) in [4.78, 5) is 26.9. The number of carbonyl (C=O) groups is 2. The molecule has 0 spiro atoms. The van der Waals surface area contributed by atoms with Gasteiger partial charge in [0, 0.05) is 17.7 Å². The lowest BCUT2D eigenvalue weighted by molar-refractivity contribution is -0.153. The lowest BCUT2D eigenvalue weighted by Gasteiger charge is -2.32. The van der Waals surface area contributed by atoms with Crippen molar-refractivity contribution in [1.82, 2.24) is 5.32 Å². The molecule has 2 aromatic rings. The van der Waals surface area contributed by atoms with Crippen LogP contribution in [-0.2, 0) is 40.5 Å². The number of rotatable bonds is 14. The van der Waals surface area contributed by atoms with E-state index in [0.29, 0.717) is 11.1 Å². The highest BCUT2D eigenvalue weighted by molar-refractivity contribution is 7.49. The molecule has 2 aromatic carbocycles. The number of ether oxygens (including phenoxy) is 1. The van der Waals surface area contributed by atoms with Crippen molar-refractivity contribution in [2.75, 3.05) is 6.61 Å². The van der Waals surface area contributed by atoms with Gasteiger partial charge in [-0.25, -0.2) is 4.57 Å². The topological polar surface area (TPSA) is 120 Å². The van der Waals surface area contributed by atoms with Crippen molar-refractivity contribution in [3.05, 3.63) is 64.7 Å². The summed E-state index contributed by atoms with van der Waals surface area (Å²) in [5.74, 6) is -0.881. The number of amides is 1. The number of hydrogen-bond donors (Lipinski definition) is 2. The zero-order chi connectivity index (χ0) is 32.8. The second kappa shape index (κ2) is 14.4. The largest absolute Gasteiger partial charge is 0.530 e. The number of nitrogens with one attached hydrogen (secondary N) is 1. The maximum Gasteiger partial charge on any atom is 0.530 e. The van der Waals surface area contributed by atoms with Gasteiger partial charge in [-0.05, 0) is 97.4 Å². The van der Waals surface area contributed by atoms with Crippen LogP contribution in [0.1, 0.15) is 110 Å². The van der Waals surface area contributed by atoms with E-state index in [4.69, 9.17) is 18.3 Å². The van der Waals surface area contributed by atoms with Gasteiger partial charge in [-0.2, -0.15) is 0 Å². The van der Waals surface area contributed by atoms with Crippen LogP contribution in [-0.4, -0.2) is 41.4 Å². The lowest BCUT2D eigenvalue weighted by atomic mass is 9.77. The molecule has 240 valence electrons. The highest BCUT2D eigenvalue weighted by Crippen LogP contribution is 2.54. The Bertz CT molecular complexity index is 1280. The van der Waals surface area contributed by atoms with Crippen molar-refractivity contribution >= 4 is 19.7 Å². The van der Waals surface area contributed by atoms with Crippen LogP contribution in [0.4, 0.5) is 0 Å². The predicted molar refractivity (Wildman–Crippen MR) is 168 cm³/mol. The molecule has 0 aliphatic carbocycles. The molecule has 9 nitrogen and oxygen atoms in total. The van der Waals surface area contributed by atoms with Gasteiger partial charge in [-0.3, -0.25) is 18.6 Å². The van der Waals surface area contributed by atoms with Crippen molar-refractivity contribution in [3.63, 3.8) is 0 Å². The van der Waals surface area contributed by atoms with E-state index in [9.17, 15) is 19.3 Å². The highest BCUT2D eigenvalue weighted by Gasteiger charge is 2.37. The van der Waals surface area contributed by atoms with E-state index < -0.39 is 48.5 Å². The first-order chi connectivity index (χ1) is 19.7. The zero-order valence-corrected chi connectivity index (χ0v) is 28.5. The molecule has 0 aliphatic rings. The molecule has 0 saturated heterocycles. The standard InChI is InChI=1S/C33H50NO8P/c1-22(2)40-43(38,41-23(3)4)42-27-20-25(30(37)34-33(10,11)26-15-13-12-14-16-26)19-24(21-28(36)39-31(5,6)7)29(27)32(8,9)17-18-35/h12-16,19-20,22-23,35H,17-18,21H2,1-11H3,(H,34,37). The first-order valence-electron chi connectivity index (χ1n) is 14.7. The van der Waals surface area contributed by atoms with Gasteiger partial charge in [0.05, 0.1) is 24.2 Å². The molecule has 0 heterocycles. The summed E-state index contributed by atoms with van der Waals surface area (Å²) in [6, 6.07) is 12.7. The Hall–Kier alpha value is -2.71. The maximum absolute atomic E-state index is 13.9. The molecule has 0 bridgehead atoms. The van der Waals surface area contributed by atoms with Crippen molar-refractivity contribution in [2.45, 2.75) is 118 Å². The van der Waals surface area contributed by atoms with E-state index in [0.717, 1.165) is 5.56 Å². The van der Waals surface area contributed by atoms with Gasteiger partial charge in [-0.15, -0.1) is 0 Å². The van der Waals surface area contributed by atoms with E-state index in [1.807, 2.05) is 58.0 Å². The van der Waals surface area contributed by atoms with Crippen molar-refractivity contribution in [2.24, 2.45) is 0 Å². The molecule has 0 saturated carbocycles. The van der Waals surface area contributed by atoms with Crippen LogP contribution in [0.2, 0.25) is 0 Å². The number of phosphoric ester groups is 1. The van der Waals surface area contributed by atoms with Crippen LogP contribution < -0.4 is 9.84 Å². The van der Waals surface area contributed by atoms with Gasteiger partial charge < -0.3 is 19.7 Å².